The van der Waals surface area contributed by atoms with E-state index in [9.17, 15) is 0 Å². The van der Waals surface area contributed by atoms with Gasteiger partial charge in [0, 0.05) is 0 Å². The van der Waals surface area contributed by atoms with Gasteiger partial charge in [-0.1, -0.05) is 42.0 Å². The van der Waals surface area contributed by atoms with Crippen LogP contribution >= 0.6 is 0 Å². The quantitative estimate of drug-likeness (QED) is 0.879. The van der Waals surface area contributed by atoms with Gasteiger partial charge in [0.25, 0.3) is 0 Å². The summed E-state index contributed by atoms with van der Waals surface area (Å²) in [5.74, 6) is 0.923. The summed E-state index contributed by atoms with van der Waals surface area (Å²) in [7, 11) is 1.98. The van der Waals surface area contributed by atoms with E-state index in [1.807, 2.05) is 26.1 Å². The standard InChI is InChI=1S/C17H21NO/c1-4-19-16-7-5-6-15(12-16)17(18-3)14-10-8-13(2)9-11-14/h5-12,17-18H,4H2,1-3H3. The normalized spacial score (nSPS) is 12.2. The van der Waals surface area contributed by atoms with Crippen LogP contribution in [-0.2, 0) is 0 Å². The van der Waals surface area contributed by atoms with Crippen molar-refractivity contribution in [3.8, 4) is 5.75 Å². The predicted octanol–water partition coefficient (Wildman–Crippen LogP) is 3.70. The maximum absolute atomic E-state index is 5.57. The molecule has 1 unspecified atom stereocenters. The molecule has 0 spiro atoms. The molecule has 1 atom stereocenters. The van der Waals surface area contributed by atoms with Gasteiger partial charge in [-0.05, 0) is 44.2 Å². The Hall–Kier alpha value is -1.80. The lowest BCUT2D eigenvalue weighted by molar-refractivity contribution is 0.339. The Morgan fingerprint density at radius 2 is 1.79 bits per heavy atom. The van der Waals surface area contributed by atoms with Gasteiger partial charge in [0.05, 0.1) is 12.6 Å². The molecule has 0 aliphatic heterocycles. The highest BCUT2D eigenvalue weighted by Crippen LogP contribution is 2.25. The second-order valence-electron chi connectivity index (χ2n) is 4.64. The van der Waals surface area contributed by atoms with E-state index in [1.165, 1.54) is 16.7 Å². The molecule has 0 heterocycles. The first-order chi connectivity index (χ1) is 9.24. The largest absolute Gasteiger partial charge is 0.494 e. The van der Waals surface area contributed by atoms with Gasteiger partial charge in [0.15, 0.2) is 0 Å². The SMILES string of the molecule is CCOc1cccc(C(NC)c2ccc(C)cc2)c1. The van der Waals surface area contributed by atoms with Gasteiger partial charge in [-0.25, -0.2) is 0 Å². The monoisotopic (exact) mass is 255 g/mol. The van der Waals surface area contributed by atoms with Crippen molar-refractivity contribution in [2.75, 3.05) is 13.7 Å². The third-order valence-corrected chi connectivity index (χ3v) is 3.20. The van der Waals surface area contributed by atoms with Crippen LogP contribution < -0.4 is 10.1 Å². The zero-order chi connectivity index (χ0) is 13.7. The molecular weight excluding hydrogens is 234 g/mol. The van der Waals surface area contributed by atoms with Crippen LogP contribution in [-0.4, -0.2) is 13.7 Å². The maximum Gasteiger partial charge on any atom is 0.119 e. The summed E-state index contributed by atoms with van der Waals surface area (Å²) in [6.45, 7) is 4.80. The Morgan fingerprint density at radius 3 is 2.42 bits per heavy atom. The fourth-order valence-corrected chi connectivity index (χ4v) is 2.24. The molecule has 2 heteroatoms. The number of hydrogen-bond acceptors (Lipinski definition) is 2. The van der Waals surface area contributed by atoms with Crippen LogP contribution in [0.15, 0.2) is 48.5 Å². The molecule has 0 bridgehead atoms. The molecular formula is C17H21NO. The molecule has 2 aromatic rings. The summed E-state index contributed by atoms with van der Waals surface area (Å²) in [5.41, 5.74) is 3.76. The number of ether oxygens (including phenoxy) is 1. The molecule has 0 aliphatic carbocycles. The summed E-state index contributed by atoms with van der Waals surface area (Å²) in [6, 6.07) is 17.1. The molecule has 19 heavy (non-hydrogen) atoms. The molecule has 0 saturated carbocycles. The molecule has 2 aromatic carbocycles. The first-order valence-corrected chi connectivity index (χ1v) is 6.71. The second kappa shape index (κ2) is 6.39. The molecule has 2 rings (SSSR count). The lowest BCUT2D eigenvalue weighted by atomic mass is 9.98. The summed E-state index contributed by atoms with van der Waals surface area (Å²) in [6.07, 6.45) is 0. The Labute approximate surface area is 115 Å². The number of benzene rings is 2. The molecule has 0 saturated heterocycles. The van der Waals surface area contributed by atoms with Gasteiger partial charge in [0.2, 0.25) is 0 Å². The van der Waals surface area contributed by atoms with Crippen LogP contribution in [0.25, 0.3) is 0 Å². The summed E-state index contributed by atoms with van der Waals surface area (Å²) in [5, 5.41) is 3.37. The molecule has 1 N–H and O–H groups in total. The predicted molar refractivity (Wildman–Crippen MR) is 79.7 cm³/mol. The Bertz CT molecular complexity index is 519. The second-order valence-corrected chi connectivity index (χ2v) is 4.64. The van der Waals surface area contributed by atoms with Crippen LogP contribution in [0, 0.1) is 6.92 Å². The molecule has 0 fully saturated rings. The van der Waals surface area contributed by atoms with Gasteiger partial charge >= 0.3 is 0 Å². The first-order valence-electron chi connectivity index (χ1n) is 6.71. The van der Waals surface area contributed by atoms with Crippen molar-refractivity contribution in [1.29, 1.82) is 0 Å². The zero-order valence-electron chi connectivity index (χ0n) is 11.8. The molecule has 0 aromatic heterocycles. The average molecular weight is 255 g/mol. The third-order valence-electron chi connectivity index (χ3n) is 3.20. The van der Waals surface area contributed by atoms with E-state index in [0.717, 1.165) is 5.75 Å². The molecule has 100 valence electrons. The molecule has 2 nitrogen and oxygen atoms in total. The molecule has 0 aliphatic rings. The van der Waals surface area contributed by atoms with Gasteiger partial charge in [-0.2, -0.15) is 0 Å². The fourth-order valence-electron chi connectivity index (χ4n) is 2.24. The van der Waals surface area contributed by atoms with E-state index >= 15 is 0 Å². The van der Waals surface area contributed by atoms with Crippen molar-refractivity contribution in [2.45, 2.75) is 19.9 Å². The van der Waals surface area contributed by atoms with Crippen molar-refractivity contribution in [3.63, 3.8) is 0 Å². The highest BCUT2D eigenvalue weighted by Gasteiger charge is 2.12. The lowest BCUT2D eigenvalue weighted by Gasteiger charge is -2.18. The van der Waals surface area contributed by atoms with Gasteiger partial charge in [-0.3, -0.25) is 0 Å². The molecule has 0 radical (unpaired) electrons. The van der Waals surface area contributed by atoms with Crippen LogP contribution in [0.4, 0.5) is 0 Å². The highest BCUT2D eigenvalue weighted by molar-refractivity contribution is 5.37. The summed E-state index contributed by atoms with van der Waals surface area (Å²) < 4.78 is 5.57. The number of aryl methyl sites for hydroxylation is 1. The van der Waals surface area contributed by atoms with E-state index in [2.05, 4.69) is 48.6 Å². The van der Waals surface area contributed by atoms with Gasteiger partial charge < -0.3 is 10.1 Å². The van der Waals surface area contributed by atoms with Crippen LogP contribution in [0.5, 0.6) is 5.75 Å². The number of hydrogen-bond donors (Lipinski definition) is 1. The van der Waals surface area contributed by atoms with E-state index in [1.54, 1.807) is 0 Å². The Balaban J connectivity index is 2.30. The number of nitrogens with one attached hydrogen (secondary N) is 1. The van der Waals surface area contributed by atoms with E-state index in [-0.39, 0.29) is 6.04 Å². The fraction of sp³-hybridized carbons (Fsp3) is 0.294. The average Bonchev–Trinajstić information content (AvgIpc) is 2.43. The minimum Gasteiger partial charge on any atom is -0.494 e. The van der Waals surface area contributed by atoms with Crippen molar-refractivity contribution in [2.24, 2.45) is 0 Å². The minimum absolute atomic E-state index is 0.195. The summed E-state index contributed by atoms with van der Waals surface area (Å²) in [4.78, 5) is 0. The maximum atomic E-state index is 5.57. The van der Waals surface area contributed by atoms with Crippen LogP contribution in [0.3, 0.4) is 0 Å². The van der Waals surface area contributed by atoms with Gasteiger partial charge in [0.1, 0.15) is 5.75 Å². The van der Waals surface area contributed by atoms with E-state index < -0.39 is 0 Å². The number of rotatable bonds is 5. The third kappa shape index (κ3) is 3.36. The van der Waals surface area contributed by atoms with E-state index in [4.69, 9.17) is 4.74 Å². The van der Waals surface area contributed by atoms with Gasteiger partial charge in [-0.15, -0.1) is 0 Å². The Kier molecular flexibility index (Phi) is 4.58. The Morgan fingerprint density at radius 1 is 1.05 bits per heavy atom. The van der Waals surface area contributed by atoms with Crippen molar-refractivity contribution in [3.05, 3.63) is 65.2 Å². The van der Waals surface area contributed by atoms with Crippen LogP contribution in [0.1, 0.15) is 29.7 Å². The minimum atomic E-state index is 0.195. The van der Waals surface area contributed by atoms with Crippen molar-refractivity contribution in [1.82, 2.24) is 5.32 Å². The lowest BCUT2D eigenvalue weighted by Crippen LogP contribution is -2.17. The van der Waals surface area contributed by atoms with Crippen molar-refractivity contribution < 1.29 is 4.74 Å². The first kappa shape index (κ1) is 13.6. The van der Waals surface area contributed by atoms with E-state index in [0.29, 0.717) is 6.61 Å². The zero-order valence-corrected chi connectivity index (χ0v) is 11.8. The molecule has 0 amide bonds. The highest BCUT2D eigenvalue weighted by atomic mass is 16.5. The summed E-state index contributed by atoms with van der Waals surface area (Å²) >= 11 is 0. The van der Waals surface area contributed by atoms with Crippen LogP contribution in [0.2, 0.25) is 0 Å². The smallest absolute Gasteiger partial charge is 0.119 e. The van der Waals surface area contributed by atoms with Crippen molar-refractivity contribution >= 4 is 0 Å². The topological polar surface area (TPSA) is 21.3 Å².